The molecule has 1 amide bonds. The molecular formula is C16H12ClFN4OS. The topological polar surface area (TPSA) is 66.9 Å². The average Bonchev–Trinajstić information content (AvgIpc) is 2.96. The van der Waals surface area contributed by atoms with Crippen molar-refractivity contribution >= 4 is 45.5 Å². The summed E-state index contributed by atoms with van der Waals surface area (Å²) in [4.78, 5) is 20.4. The summed E-state index contributed by atoms with van der Waals surface area (Å²) in [5.74, 6) is -0.0463. The number of nitrogens with one attached hydrogen (secondary N) is 2. The molecule has 122 valence electrons. The minimum Gasteiger partial charge on any atom is -0.326 e. The lowest BCUT2D eigenvalue weighted by molar-refractivity contribution is -0.115. The standard InChI is InChI=1S/C16H12ClFN4OS/c17-10-4-5-14(19-8-10)22-16-21-13(9-24-16)7-15(23)20-12-3-1-2-11(18)6-12/h1-6,8-9H,7H2,(H,20,23)(H,19,21,22). The third kappa shape index (κ3) is 4.50. The predicted octanol–water partition coefficient (Wildman–Crippen LogP) is 4.26. The molecule has 0 bridgehead atoms. The number of thiazole rings is 1. The third-order valence-electron chi connectivity index (χ3n) is 2.96. The van der Waals surface area contributed by atoms with Gasteiger partial charge in [-0.1, -0.05) is 17.7 Å². The van der Waals surface area contributed by atoms with Gasteiger partial charge in [0, 0.05) is 17.3 Å². The number of nitrogens with zero attached hydrogens (tertiary/aromatic N) is 2. The van der Waals surface area contributed by atoms with Crippen LogP contribution in [-0.4, -0.2) is 15.9 Å². The fraction of sp³-hybridized carbons (Fsp3) is 0.0625. The van der Waals surface area contributed by atoms with Crippen LogP contribution in [-0.2, 0) is 11.2 Å². The highest BCUT2D eigenvalue weighted by molar-refractivity contribution is 7.13. The summed E-state index contributed by atoms with van der Waals surface area (Å²) >= 11 is 7.15. The maximum Gasteiger partial charge on any atom is 0.230 e. The molecule has 0 aliphatic heterocycles. The highest BCUT2D eigenvalue weighted by atomic mass is 35.5. The van der Waals surface area contributed by atoms with Gasteiger partial charge in [-0.3, -0.25) is 4.79 Å². The van der Waals surface area contributed by atoms with Gasteiger partial charge in [0.15, 0.2) is 5.13 Å². The molecule has 2 aromatic heterocycles. The van der Waals surface area contributed by atoms with Crippen molar-refractivity contribution in [2.75, 3.05) is 10.6 Å². The summed E-state index contributed by atoms with van der Waals surface area (Å²) in [5.41, 5.74) is 1.03. The minimum absolute atomic E-state index is 0.0999. The lowest BCUT2D eigenvalue weighted by Crippen LogP contribution is -2.14. The number of hydrogen-bond acceptors (Lipinski definition) is 5. The Bertz CT molecular complexity index is 853. The first-order valence-electron chi connectivity index (χ1n) is 6.97. The number of anilines is 3. The average molecular weight is 363 g/mol. The molecule has 0 spiro atoms. The largest absolute Gasteiger partial charge is 0.326 e. The molecule has 0 aliphatic carbocycles. The van der Waals surface area contributed by atoms with Gasteiger partial charge in [0.25, 0.3) is 0 Å². The zero-order valence-corrected chi connectivity index (χ0v) is 13.9. The number of aromatic nitrogens is 2. The van der Waals surface area contributed by atoms with E-state index in [0.29, 0.717) is 27.4 Å². The van der Waals surface area contributed by atoms with Crippen LogP contribution < -0.4 is 10.6 Å². The van der Waals surface area contributed by atoms with Crippen molar-refractivity contribution in [2.45, 2.75) is 6.42 Å². The lowest BCUT2D eigenvalue weighted by atomic mass is 10.3. The molecule has 0 unspecified atom stereocenters. The van der Waals surface area contributed by atoms with Gasteiger partial charge in [-0.25, -0.2) is 14.4 Å². The molecule has 0 saturated heterocycles. The number of rotatable bonds is 5. The van der Waals surface area contributed by atoms with Crippen LogP contribution in [0.5, 0.6) is 0 Å². The maximum atomic E-state index is 13.1. The quantitative estimate of drug-likeness (QED) is 0.711. The Morgan fingerprint density at radius 2 is 2.17 bits per heavy atom. The van der Waals surface area contributed by atoms with Crippen molar-refractivity contribution in [3.63, 3.8) is 0 Å². The first-order valence-corrected chi connectivity index (χ1v) is 8.23. The molecule has 0 fully saturated rings. The van der Waals surface area contributed by atoms with E-state index in [1.54, 1.807) is 23.6 Å². The Kier molecular flexibility index (Phi) is 5.02. The number of carbonyl (C=O) groups is 1. The van der Waals surface area contributed by atoms with E-state index in [9.17, 15) is 9.18 Å². The monoisotopic (exact) mass is 362 g/mol. The Labute approximate surface area is 146 Å². The lowest BCUT2D eigenvalue weighted by Gasteiger charge is -2.04. The molecule has 5 nitrogen and oxygen atoms in total. The first-order chi connectivity index (χ1) is 11.6. The second-order valence-electron chi connectivity index (χ2n) is 4.87. The molecule has 2 heterocycles. The van der Waals surface area contributed by atoms with Crippen molar-refractivity contribution in [2.24, 2.45) is 0 Å². The zero-order chi connectivity index (χ0) is 16.9. The van der Waals surface area contributed by atoms with Crippen LogP contribution in [0.15, 0.2) is 48.0 Å². The van der Waals surface area contributed by atoms with Crippen molar-refractivity contribution in [1.82, 2.24) is 9.97 Å². The molecule has 24 heavy (non-hydrogen) atoms. The van der Waals surface area contributed by atoms with Crippen LogP contribution in [0.2, 0.25) is 5.02 Å². The van der Waals surface area contributed by atoms with Gasteiger partial charge in [-0.2, -0.15) is 0 Å². The van der Waals surface area contributed by atoms with Crippen molar-refractivity contribution in [3.8, 4) is 0 Å². The Morgan fingerprint density at radius 1 is 1.29 bits per heavy atom. The molecule has 3 aromatic rings. The molecule has 0 saturated carbocycles. The SMILES string of the molecule is O=C(Cc1csc(Nc2ccc(Cl)cn2)n1)Nc1cccc(F)c1. The van der Waals surface area contributed by atoms with Gasteiger partial charge >= 0.3 is 0 Å². The van der Waals surface area contributed by atoms with Crippen LogP contribution >= 0.6 is 22.9 Å². The van der Waals surface area contributed by atoms with Gasteiger partial charge < -0.3 is 10.6 Å². The molecule has 0 aliphatic rings. The van der Waals surface area contributed by atoms with E-state index in [-0.39, 0.29) is 12.3 Å². The number of amides is 1. The van der Waals surface area contributed by atoms with Crippen LogP contribution in [0.4, 0.5) is 21.0 Å². The van der Waals surface area contributed by atoms with Crippen LogP contribution in [0.1, 0.15) is 5.69 Å². The summed E-state index contributed by atoms with van der Waals surface area (Å²) in [7, 11) is 0. The van der Waals surface area contributed by atoms with Crippen LogP contribution in [0.25, 0.3) is 0 Å². The van der Waals surface area contributed by atoms with Gasteiger partial charge in [0.1, 0.15) is 11.6 Å². The van der Waals surface area contributed by atoms with E-state index in [1.165, 1.54) is 35.7 Å². The number of benzene rings is 1. The molecule has 8 heteroatoms. The van der Waals surface area contributed by atoms with E-state index in [2.05, 4.69) is 20.6 Å². The number of halogens is 2. The smallest absolute Gasteiger partial charge is 0.230 e. The summed E-state index contributed by atoms with van der Waals surface area (Å²) < 4.78 is 13.1. The highest BCUT2D eigenvalue weighted by Gasteiger charge is 2.09. The first kappa shape index (κ1) is 16.4. The highest BCUT2D eigenvalue weighted by Crippen LogP contribution is 2.21. The van der Waals surface area contributed by atoms with Gasteiger partial charge in [-0.15, -0.1) is 11.3 Å². The van der Waals surface area contributed by atoms with Gasteiger partial charge in [-0.05, 0) is 30.3 Å². The normalized spacial score (nSPS) is 10.4. The van der Waals surface area contributed by atoms with E-state index < -0.39 is 5.82 Å². The molecule has 0 radical (unpaired) electrons. The summed E-state index contributed by atoms with van der Waals surface area (Å²) in [6.45, 7) is 0. The fourth-order valence-corrected chi connectivity index (χ4v) is 2.77. The second kappa shape index (κ2) is 7.37. The summed E-state index contributed by atoms with van der Waals surface area (Å²) in [5, 5.41) is 8.63. The van der Waals surface area contributed by atoms with Gasteiger partial charge in [0.05, 0.1) is 17.1 Å². The summed E-state index contributed by atoms with van der Waals surface area (Å²) in [6, 6.07) is 9.20. The Morgan fingerprint density at radius 3 is 2.92 bits per heavy atom. The predicted molar refractivity (Wildman–Crippen MR) is 93.4 cm³/mol. The molecule has 2 N–H and O–H groups in total. The van der Waals surface area contributed by atoms with E-state index >= 15 is 0 Å². The van der Waals surface area contributed by atoms with Crippen molar-refractivity contribution in [3.05, 3.63) is 64.5 Å². The van der Waals surface area contributed by atoms with Crippen molar-refractivity contribution < 1.29 is 9.18 Å². The zero-order valence-electron chi connectivity index (χ0n) is 12.3. The van der Waals surface area contributed by atoms with Crippen molar-refractivity contribution in [1.29, 1.82) is 0 Å². The van der Waals surface area contributed by atoms with E-state index in [0.717, 1.165) is 0 Å². The summed E-state index contributed by atoms with van der Waals surface area (Å²) in [6.07, 6.45) is 1.63. The second-order valence-corrected chi connectivity index (χ2v) is 6.16. The maximum absolute atomic E-state index is 13.1. The molecule has 1 aromatic carbocycles. The number of pyridine rings is 1. The Balaban J connectivity index is 1.59. The van der Waals surface area contributed by atoms with E-state index in [1.807, 2.05) is 0 Å². The fourth-order valence-electron chi connectivity index (χ4n) is 1.94. The number of hydrogen-bond donors (Lipinski definition) is 2. The molecule has 0 atom stereocenters. The van der Waals surface area contributed by atoms with E-state index in [4.69, 9.17) is 11.6 Å². The molecule has 3 rings (SSSR count). The minimum atomic E-state index is -0.400. The Hall–Kier alpha value is -2.51. The third-order valence-corrected chi connectivity index (χ3v) is 3.99. The molecular weight excluding hydrogens is 351 g/mol. The van der Waals surface area contributed by atoms with Crippen LogP contribution in [0, 0.1) is 5.82 Å². The van der Waals surface area contributed by atoms with Crippen LogP contribution in [0.3, 0.4) is 0 Å². The number of carbonyl (C=O) groups excluding carboxylic acids is 1. The van der Waals surface area contributed by atoms with Gasteiger partial charge in [0.2, 0.25) is 5.91 Å².